The van der Waals surface area contributed by atoms with Crippen LogP contribution in [0.4, 0.5) is 0 Å². The first-order valence-electron chi connectivity index (χ1n) is 12.1. The summed E-state index contributed by atoms with van der Waals surface area (Å²) in [5, 5.41) is 21.7. The Morgan fingerprint density at radius 2 is 1.44 bits per heavy atom. The predicted molar refractivity (Wildman–Crippen MR) is 125 cm³/mol. The molecule has 0 aliphatic carbocycles. The second-order valence-electron chi connectivity index (χ2n) is 9.75. The Morgan fingerprint density at radius 1 is 0.781 bits per heavy atom. The summed E-state index contributed by atoms with van der Waals surface area (Å²) in [6.07, 6.45) is 6.74. The maximum Gasteiger partial charge on any atom is 0.126 e. The van der Waals surface area contributed by atoms with Crippen molar-refractivity contribution in [3.63, 3.8) is 0 Å². The molecule has 0 amide bonds. The quantitative estimate of drug-likeness (QED) is 0.725. The molecule has 2 aromatic rings. The maximum atomic E-state index is 11.0. The molecule has 2 N–H and O–H groups in total. The summed E-state index contributed by atoms with van der Waals surface area (Å²) in [5.41, 5.74) is 4.44. The van der Waals surface area contributed by atoms with E-state index in [2.05, 4.69) is 35.2 Å². The van der Waals surface area contributed by atoms with E-state index in [0.29, 0.717) is 12.1 Å². The lowest BCUT2D eigenvalue weighted by molar-refractivity contribution is -0.0599. The number of ether oxygens (including phenoxy) is 2. The number of aliphatic hydroxyl groups excluding tert-OH is 2. The molecule has 3 aliphatic rings. The third-order valence-corrected chi connectivity index (χ3v) is 7.79. The number of aliphatic hydroxyl groups is 2. The minimum Gasteiger partial charge on any atom is -0.496 e. The number of nitrogens with zero attached hydrogens (tertiary/aromatic N) is 1. The summed E-state index contributed by atoms with van der Waals surface area (Å²) in [5.74, 6) is 1.64. The minimum absolute atomic E-state index is 0.140. The van der Waals surface area contributed by atoms with Gasteiger partial charge in [0.05, 0.1) is 26.4 Å². The molecular formula is C27H35NO4. The van der Waals surface area contributed by atoms with Gasteiger partial charge in [0.25, 0.3) is 0 Å². The van der Waals surface area contributed by atoms with E-state index in [0.717, 1.165) is 67.6 Å². The average molecular weight is 438 g/mol. The predicted octanol–water partition coefficient (Wildman–Crippen LogP) is 4.49. The number of methoxy groups -OCH3 is 2. The number of rotatable bonds is 2. The fourth-order valence-electron chi connectivity index (χ4n) is 6.30. The van der Waals surface area contributed by atoms with Crippen molar-refractivity contribution in [2.24, 2.45) is 0 Å². The van der Waals surface area contributed by atoms with E-state index >= 15 is 0 Å². The van der Waals surface area contributed by atoms with Crippen LogP contribution in [0.15, 0.2) is 36.4 Å². The third-order valence-electron chi connectivity index (χ3n) is 7.79. The Morgan fingerprint density at radius 3 is 2.16 bits per heavy atom. The SMILES string of the molecule is COc1ccc2cc1-c1cc(ccc1OC)[C@H]1C[C@@H](O)C[C@@H]3CCC[C@@H](C[C@H](O)CC2)N31. The Balaban J connectivity index is 1.68. The highest BCUT2D eigenvalue weighted by molar-refractivity contribution is 5.77. The van der Waals surface area contributed by atoms with E-state index in [1.807, 2.05) is 6.07 Å². The van der Waals surface area contributed by atoms with Crippen LogP contribution < -0.4 is 9.47 Å². The van der Waals surface area contributed by atoms with Crippen molar-refractivity contribution in [2.75, 3.05) is 14.2 Å². The molecule has 32 heavy (non-hydrogen) atoms. The first-order valence-corrected chi connectivity index (χ1v) is 12.1. The zero-order chi connectivity index (χ0) is 22.2. The summed E-state index contributed by atoms with van der Waals surface area (Å²) in [6, 6.07) is 13.6. The number of hydrogen-bond acceptors (Lipinski definition) is 5. The largest absolute Gasteiger partial charge is 0.496 e. The van der Waals surface area contributed by atoms with Crippen molar-refractivity contribution in [1.29, 1.82) is 0 Å². The Hall–Kier alpha value is -2.08. The van der Waals surface area contributed by atoms with E-state index < -0.39 is 0 Å². The van der Waals surface area contributed by atoms with E-state index in [4.69, 9.17) is 9.47 Å². The molecule has 3 heterocycles. The van der Waals surface area contributed by atoms with Gasteiger partial charge in [-0.3, -0.25) is 4.90 Å². The molecule has 0 saturated carbocycles. The molecule has 0 spiro atoms. The number of aryl methyl sites for hydroxylation is 1. The van der Waals surface area contributed by atoms with Crippen LogP contribution in [0, 0.1) is 0 Å². The first-order chi connectivity index (χ1) is 15.6. The second kappa shape index (κ2) is 9.05. The fourth-order valence-corrected chi connectivity index (χ4v) is 6.30. The van der Waals surface area contributed by atoms with Crippen molar-refractivity contribution < 1.29 is 19.7 Å². The highest BCUT2D eigenvalue weighted by Crippen LogP contribution is 2.45. The summed E-state index contributed by atoms with van der Waals surface area (Å²) in [7, 11) is 3.41. The van der Waals surface area contributed by atoms with Gasteiger partial charge in [-0.25, -0.2) is 0 Å². The number of fused-ring (bicyclic) bond motifs is 6. The second-order valence-corrected chi connectivity index (χ2v) is 9.75. The molecule has 5 heteroatoms. The van der Waals surface area contributed by atoms with Crippen molar-refractivity contribution in [3.05, 3.63) is 47.5 Å². The van der Waals surface area contributed by atoms with Gasteiger partial charge in [0.2, 0.25) is 0 Å². The maximum absolute atomic E-state index is 11.0. The lowest BCUT2D eigenvalue weighted by Gasteiger charge is -2.51. The minimum atomic E-state index is -0.324. The first kappa shape index (κ1) is 21.7. The van der Waals surface area contributed by atoms with Crippen LogP contribution in [0.25, 0.3) is 11.1 Å². The average Bonchev–Trinajstić information content (AvgIpc) is 2.81. The van der Waals surface area contributed by atoms with Crippen LogP contribution >= 0.6 is 0 Å². The molecule has 0 aromatic heterocycles. The molecule has 2 aromatic carbocycles. The lowest BCUT2D eigenvalue weighted by atomic mass is 9.80. The normalized spacial score (nSPS) is 30.3. The molecule has 2 saturated heterocycles. The smallest absolute Gasteiger partial charge is 0.126 e. The van der Waals surface area contributed by atoms with Crippen molar-refractivity contribution in [2.45, 2.75) is 81.7 Å². The number of piperidine rings is 2. The van der Waals surface area contributed by atoms with Gasteiger partial charge in [-0.1, -0.05) is 18.6 Å². The van der Waals surface area contributed by atoms with Crippen LogP contribution in [0.2, 0.25) is 0 Å². The van der Waals surface area contributed by atoms with Crippen LogP contribution in [0.3, 0.4) is 0 Å². The van der Waals surface area contributed by atoms with Gasteiger partial charge in [0.15, 0.2) is 0 Å². The van der Waals surface area contributed by atoms with Gasteiger partial charge in [-0.2, -0.15) is 0 Å². The van der Waals surface area contributed by atoms with Crippen molar-refractivity contribution in [3.8, 4) is 22.6 Å². The zero-order valence-electron chi connectivity index (χ0n) is 19.2. The van der Waals surface area contributed by atoms with Crippen LogP contribution in [-0.4, -0.2) is 53.6 Å². The Kier molecular flexibility index (Phi) is 6.15. The highest BCUT2D eigenvalue weighted by Gasteiger charge is 2.42. The van der Waals surface area contributed by atoms with E-state index in [9.17, 15) is 10.2 Å². The molecule has 5 nitrogen and oxygen atoms in total. The Bertz CT molecular complexity index is 961. The molecular weight excluding hydrogens is 402 g/mol. The molecule has 5 rings (SSSR count). The topological polar surface area (TPSA) is 62.2 Å². The van der Waals surface area contributed by atoms with Crippen LogP contribution in [-0.2, 0) is 6.42 Å². The summed E-state index contributed by atoms with van der Waals surface area (Å²) < 4.78 is 11.5. The zero-order valence-corrected chi connectivity index (χ0v) is 19.2. The summed E-state index contributed by atoms with van der Waals surface area (Å²) >= 11 is 0. The monoisotopic (exact) mass is 437 g/mol. The van der Waals surface area contributed by atoms with Gasteiger partial charge >= 0.3 is 0 Å². The van der Waals surface area contributed by atoms with Crippen molar-refractivity contribution >= 4 is 0 Å². The van der Waals surface area contributed by atoms with Gasteiger partial charge in [0, 0.05) is 29.3 Å². The highest BCUT2D eigenvalue weighted by atomic mass is 16.5. The third kappa shape index (κ3) is 4.02. The van der Waals surface area contributed by atoms with E-state index in [-0.39, 0.29) is 18.2 Å². The van der Waals surface area contributed by atoms with Crippen LogP contribution in [0.5, 0.6) is 11.5 Å². The van der Waals surface area contributed by atoms with Crippen LogP contribution in [0.1, 0.15) is 62.1 Å². The molecule has 172 valence electrons. The fraction of sp³-hybridized carbons (Fsp3) is 0.556. The number of hydrogen-bond donors (Lipinski definition) is 2. The summed E-state index contributed by atoms with van der Waals surface area (Å²) in [6.45, 7) is 0. The molecule has 5 atom stereocenters. The molecule has 0 unspecified atom stereocenters. The van der Waals surface area contributed by atoms with E-state index in [1.54, 1.807) is 14.2 Å². The molecule has 0 radical (unpaired) electrons. The summed E-state index contributed by atoms with van der Waals surface area (Å²) in [4.78, 5) is 2.63. The standard InChI is InChI=1S/C27H35NO4/c1-31-26-10-7-17-6-9-21(29)14-19-4-3-5-20-15-22(30)16-25(28(19)20)18-8-11-27(32-2)24(13-18)23(26)12-17/h7-8,10-13,19-22,25,29-30H,3-6,9,14-16H2,1-2H3/t19-,20-,21+,22-,25+/m0/s1. The molecule has 3 aliphatic heterocycles. The van der Waals surface area contributed by atoms with Gasteiger partial charge in [-0.05, 0) is 80.3 Å². The molecule has 4 bridgehead atoms. The number of benzene rings is 2. The molecule has 2 fully saturated rings. The van der Waals surface area contributed by atoms with Gasteiger partial charge in [0.1, 0.15) is 11.5 Å². The van der Waals surface area contributed by atoms with E-state index in [1.165, 1.54) is 17.5 Å². The van der Waals surface area contributed by atoms with Crippen molar-refractivity contribution in [1.82, 2.24) is 4.90 Å². The lowest BCUT2D eigenvalue weighted by Crippen LogP contribution is -2.54. The van der Waals surface area contributed by atoms with Gasteiger partial charge < -0.3 is 19.7 Å². The Labute approximate surface area is 191 Å². The van der Waals surface area contributed by atoms with Gasteiger partial charge in [-0.15, -0.1) is 0 Å².